The van der Waals surface area contributed by atoms with Crippen LogP contribution in [0.5, 0.6) is 5.75 Å². The lowest BCUT2D eigenvalue weighted by Gasteiger charge is -2.03. The summed E-state index contributed by atoms with van der Waals surface area (Å²) in [6.45, 7) is 1.89. The van der Waals surface area contributed by atoms with Crippen LogP contribution in [0.25, 0.3) is 10.2 Å². The number of methoxy groups -OCH3 is 1. The van der Waals surface area contributed by atoms with Crippen molar-refractivity contribution in [2.24, 2.45) is 0 Å². The first-order valence-electron chi connectivity index (χ1n) is 6.59. The molecule has 22 heavy (non-hydrogen) atoms. The third-order valence-electron chi connectivity index (χ3n) is 3.25. The number of hydrogen-bond acceptors (Lipinski definition) is 4. The van der Waals surface area contributed by atoms with Crippen LogP contribution in [-0.2, 0) is 0 Å². The van der Waals surface area contributed by atoms with Crippen molar-refractivity contribution < 1.29 is 9.53 Å². The first-order chi connectivity index (χ1) is 10.6. The fourth-order valence-corrected chi connectivity index (χ4v) is 3.06. The summed E-state index contributed by atoms with van der Waals surface area (Å²) in [5.41, 5.74) is 2.26. The second kappa shape index (κ2) is 5.94. The van der Waals surface area contributed by atoms with Gasteiger partial charge in [0.1, 0.15) is 5.75 Å². The molecule has 0 spiro atoms. The summed E-state index contributed by atoms with van der Waals surface area (Å²) in [6, 6.07) is 10.8. The number of aryl methyl sites for hydroxylation is 1. The van der Waals surface area contributed by atoms with Gasteiger partial charge in [0, 0.05) is 10.6 Å². The average molecular weight is 333 g/mol. The Kier molecular flexibility index (Phi) is 4.00. The number of carbonyl (C=O) groups excluding carboxylic acids is 1. The minimum Gasteiger partial charge on any atom is -0.497 e. The molecule has 0 aliphatic rings. The van der Waals surface area contributed by atoms with E-state index in [0.717, 1.165) is 21.5 Å². The van der Waals surface area contributed by atoms with Crippen LogP contribution in [0, 0.1) is 6.92 Å². The van der Waals surface area contributed by atoms with Crippen LogP contribution in [0.2, 0.25) is 5.02 Å². The van der Waals surface area contributed by atoms with Crippen molar-refractivity contribution in [1.29, 1.82) is 0 Å². The fraction of sp³-hybridized carbons (Fsp3) is 0.125. The molecule has 0 saturated carbocycles. The van der Waals surface area contributed by atoms with E-state index < -0.39 is 0 Å². The van der Waals surface area contributed by atoms with Crippen molar-refractivity contribution in [2.45, 2.75) is 6.92 Å². The van der Waals surface area contributed by atoms with Gasteiger partial charge >= 0.3 is 0 Å². The monoisotopic (exact) mass is 332 g/mol. The van der Waals surface area contributed by atoms with Crippen LogP contribution in [0.15, 0.2) is 36.4 Å². The highest BCUT2D eigenvalue weighted by Gasteiger charge is 2.11. The van der Waals surface area contributed by atoms with E-state index in [2.05, 4.69) is 10.3 Å². The number of hydrogen-bond donors (Lipinski definition) is 1. The van der Waals surface area contributed by atoms with Gasteiger partial charge in [0.2, 0.25) is 0 Å². The summed E-state index contributed by atoms with van der Waals surface area (Å²) in [5, 5.41) is 3.92. The third kappa shape index (κ3) is 2.91. The summed E-state index contributed by atoms with van der Waals surface area (Å²) in [7, 11) is 1.62. The highest BCUT2D eigenvalue weighted by molar-refractivity contribution is 7.22. The summed E-state index contributed by atoms with van der Waals surface area (Å²) < 4.78 is 6.14. The van der Waals surface area contributed by atoms with Gasteiger partial charge in [-0.3, -0.25) is 10.1 Å². The van der Waals surface area contributed by atoms with Crippen LogP contribution >= 0.6 is 22.9 Å². The normalized spacial score (nSPS) is 10.7. The van der Waals surface area contributed by atoms with Gasteiger partial charge < -0.3 is 4.74 Å². The minimum absolute atomic E-state index is 0.229. The highest BCUT2D eigenvalue weighted by Crippen LogP contribution is 2.29. The SMILES string of the molecule is COc1ccc2nc(NC(=O)c3ccc(C)c(Cl)c3)sc2c1. The maximum Gasteiger partial charge on any atom is 0.257 e. The number of carbonyl (C=O) groups is 1. The fourth-order valence-electron chi connectivity index (χ4n) is 1.99. The molecule has 0 saturated heterocycles. The maximum atomic E-state index is 12.2. The summed E-state index contributed by atoms with van der Waals surface area (Å²) in [6.07, 6.45) is 0. The molecular formula is C16H13ClN2O2S. The molecule has 6 heteroatoms. The number of anilines is 1. The van der Waals surface area contributed by atoms with E-state index in [4.69, 9.17) is 16.3 Å². The smallest absolute Gasteiger partial charge is 0.257 e. The number of ether oxygens (including phenoxy) is 1. The lowest BCUT2D eigenvalue weighted by molar-refractivity contribution is 0.102. The van der Waals surface area contributed by atoms with Gasteiger partial charge in [-0.15, -0.1) is 0 Å². The Bertz CT molecular complexity index is 860. The number of benzene rings is 2. The van der Waals surface area contributed by atoms with Crippen molar-refractivity contribution in [3.63, 3.8) is 0 Å². The van der Waals surface area contributed by atoms with Gasteiger partial charge in [0.25, 0.3) is 5.91 Å². The van der Waals surface area contributed by atoms with Crippen LogP contribution in [-0.4, -0.2) is 18.0 Å². The Labute approximate surface area is 136 Å². The Hall–Kier alpha value is -2.11. The minimum atomic E-state index is -0.229. The molecule has 1 N–H and O–H groups in total. The van der Waals surface area contributed by atoms with E-state index in [1.165, 1.54) is 11.3 Å². The molecule has 112 valence electrons. The molecule has 0 aliphatic carbocycles. The Morgan fingerprint density at radius 1 is 1.27 bits per heavy atom. The van der Waals surface area contributed by atoms with Crippen LogP contribution < -0.4 is 10.1 Å². The number of amides is 1. The van der Waals surface area contributed by atoms with Gasteiger partial charge in [0.05, 0.1) is 17.3 Å². The van der Waals surface area contributed by atoms with Crippen LogP contribution in [0.4, 0.5) is 5.13 Å². The number of nitrogens with one attached hydrogen (secondary N) is 1. The number of aromatic nitrogens is 1. The predicted octanol–water partition coefficient (Wildman–Crippen LogP) is 4.52. The zero-order valence-electron chi connectivity index (χ0n) is 12.0. The van der Waals surface area contributed by atoms with Crippen LogP contribution in [0.1, 0.15) is 15.9 Å². The zero-order valence-corrected chi connectivity index (χ0v) is 13.6. The van der Waals surface area contributed by atoms with Crippen molar-refractivity contribution in [1.82, 2.24) is 4.98 Å². The van der Waals surface area contributed by atoms with Gasteiger partial charge in [-0.05, 0) is 42.8 Å². The first-order valence-corrected chi connectivity index (χ1v) is 7.78. The van der Waals surface area contributed by atoms with E-state index in [0.29, 0.717) is 15.7 Å². The molecule has 0 atom stereocenters. The molecule has 2 aromatic carbocycles. The molecule has 0 fully saturated rings. The van der Waals surface area contributed by atoms with Crippen molar-refractivity contribution in [3.05, 3.63) is 52.5 Å². The Morgan fingerprint density at radius 2 is 2.09 bits per heavy atom. The molecular weight excluding hydrogens is 320 g/mol. The van der Waals surface area contributed by atoms with Gasteiger partial charge in [-0.25, -0.2) is 4.98 Å². The summed E-state index contributed by atoms with van der Waals surface area (Å²) >= 11 is 7.45. The van der Waals surface area contributed by atoms with Gasteiger partial charge in [0.15, 0.2) is 5.13 Å². The lowest BCUT2D eigenvalue weighted by Crippen LogP contribution is -2.11. The summed E-state index contributed by atoms with van der Waals surface area (Å²) in [5.74, 6) is 0.535. The number of thiazole rings is 1. The predicted molar refractivity (Wildman–Crippen MR) is 90.3 cm³/mol. The van der Waals surface area contributed by atoms with E-state index in [1.54, 1.807) is 19.2 Å². The van der Waals surface area contributed by atoms with Crippen LogP contribution in [0.3, 0.4) is 0 Å². The third-order valence-corrected chi connectivity index (χ3v) is 4.59. The molecule has 3 aromatic rings. The highest BCUT2D eigenvalue weighted by atomic mass is 35.5. The van der Waals surface area contributed by atoms with Gasteiger partial charge in [-0.2, -0.15) is 0 Å². The molecule has 1 aromatic heterocycles. The molecule has 3 rings (SSSR count). The first kappa shape index (κ1) is 14.8. The number of rotatable bonds is 3. The Balaban J connectivity index is 1.85. The van der Waals surface area contributed by atoms with Crippen molar-refractivity contribution in [2.75, 3.05) is 12.4 Å². The molecule has 0 aliphatic heterocycles. The van der Waals surface area contributed by atoms with Crippen molar-refractivity contribution in [3.8, 4) is 5.75 Å². The second-order valence-electron chi connectivity index (χ2n) is 4.77. The second-order valence-corrected chi connectivity index (χ2v) is 6.21. The molecule has 1 heterocycles. The molecule has 1 amide bonds. The van der Waals surface area contributed by atoms with Crippen molar-refractivity contribution >= 4 is 44.2 Å². The Morgan fingerprint density at radius 3 is 2.82 bits per heavy atom. The lowest BCUT2D eigenvalue weighted by atomic mass is 10.1. The maximum absolute atomic E-state index is 12.2. The van der Waals surface area contributed by atoms with Gasteiger partial charge in [-0.1, -0.05) is 29.0 Å². The largest absolute Gasteiger partial charge is 0.497 e. The van der Waals surface area contributed by atoms with E-state index in [9.17, 15) is 4.79 Å². The standard InChI is InChI=1S/C16H13ClN2O2S/c1-9-3-4-10(7-12(9)17)15(20)19-16-18-13-6-5-11(21-2)8-14(13)22-16/h3-8H,1-2H3,(H,18,19,20). The number of fused-ring (bicyclic) bond motifs is 1. The average Bonchev–Trinajstić information content (AvgIpc) is 2.90. The number of halogens is 1. The summed E-state index contributed by atoms with van der Waals surface area (Å²) in [4.78, 5) is 16.6. The molecule has 0 radical (unpaired) electrons. The zero-order chi connectivity index (χ0) is 15.7. The molecule has 0 unspecified atom stereocenters. The van der Waals surface area contributed by atoms with E-state index in [-0.39, 0.29) is 5.91 Å². The molecule has 0 bridgehead atoms. The van der Waals surface area contributed by atoms with E-state index >= 15 is 0 Å². The van der Waals surface area contributed by atoms with E-state index in [1.807, 2.05) is 31.2 Å². The number of nitrogens with zero attached hydrogens (tertiary/aromatic N) is 1. The quantitative estimate of drug-likeness (QED) is 0.767. The topological polar surface area (TPSA) is 51.2 Å². The molecule has 4 nitrogen and oxygen atoms in total.